The normalized spacial score (nSPS) is 19.0. The van der Waals surface area contributed by atoms with Crippen molar-refractivity contribution in [3.63, 3.8) is 0 Å². The largest absolute Gasteiger partial charge is 0.388 e. The topological polar surface area (TPSA) is 84.6 Å². The van der Waals surface area contributed by atoms with Gasteiger partial charge >= 0.3 is 0 Å². The van der Waals surface area contributed by atoms with Crippen LogP contribution in [0.5, 0.6) is 0 Å². The molecule has 0 saturated carbocycles. The van der Waals surface area contributed by atoms with E-state index in [1.165, 1.54) is 12.1 Å². The van der Waals surface area contributed by atoms with Gasteiger partial charge in [-0.25, -0.2) is 4.39 Å². The Morgan fingerprint density at radius 2 is 1.96 bits per heavy atom. The fourth-order valence-electron chi connectivity index (χ4n) is 2.84. The van der Waals surface area contributed by atoms with Crippen molar-refractivity contribution < 1.29 is 19.0 Å². The van der Waals surface area contributed by atoms with Crippen molar-refractivity contribution in [1.29, 1.82) is 0 Å². The lowest BCUT2D eigenvalue weighted by molar-refractivity contribution is -0.125. The van der Waals surface area contributed by atoms with E-state index in [2.05, 4.69) is 5.32 Å². The average Bonchev–Trinajstić information content (AvgIpc) is 2.55. The molecule has 1 saturated heterocycles. The number of rotatable bonds is 6. The third kappa shape index (κ3) is 6.02. The zero-order valence-corrected chi connectivity index (χ0v) is 14.6. The molecule has 0 bridgehead atoms. The van der Waals surface area contributed by atoms with Crippen LogP contribution in [0.15, 0.2) is 24.3 Å². The zero-order valence-electron chi connectivity index (χ0n) is 13.8. The van der Waals surface area contributed by atoms with E-state index in [1.807, 2.05) is 6.92 Å². The fraction of sp³-hybridized carbons (Fsp3) is 0.588. The van der Waals surface area contributed by atoms with Crippen LogP contribution in [0.4, 0.5) is 4.39 Å². The minimum absolute atomic E-state index is 0. The average molecular weight is 361 g/mol. The summed E-state index contributed by atoms with van der Waals surface area (Å²) in [6, 6.07) is 4.92. The van der Waals surface area contributed by atoms with Crippen molar-refractivity contribution in [2.24, 2.45) is 11.7 Å². The number of carbonyl (C=O) groups excluding carboxylic acids is 1. The second-order valence-electron chi connectivity index (χ2n) is 6.19. The summed E-state index contributed by atoms with van der Waals surface area (Å²) >= 11 is 0. The Hall–Kier alpha value is -1.21. The molecular weight excluding hydrogens is 335 g/mol. The predicted octanol–water partition coefficient (Wildman–Crippen LogP) is 1.93. The maximum absolute atomic E-state index is 12.9. The molecule has 1 fully saturated rings. The quantitative estimate of drug-likeness (QED) is 0.723. The lowest BCUT2D eigenvalue weighted by atomic mass is 9.91. The first kappa shape index (κ1) is 20.8. The molecule has 5 nitrogen and oxygen atoms in total. The number of hydrogen-bond acceptors (Lipinski definition) is 4. The molecule has 1 amide bonds. The minimum Gasteiger partial charge on any atom is -0.388 e. The molecule has 1 aromatic rings. The van der Waals surface area contributed by atoms with Crippen LogP contribution in [0.2, 0.25) is 0 Å². The van der Waals surface area contributed by atoms with Gasteiger partial charge in [-0.05, 0) is 49.8 Å². The summed E-state index contributed by atoms with van der Waals surface area (Å²) in [5.74, 6) is -0.404. The van der Waals surface area contributed by atoms with E-state index >= 15 is 0 Å². The first-order valence-corrected chi connectivity index (χ1v) is 8.04. The van der Waals surface area contributed by atoms with Gasteiger partial charge in [-0.3, -0.25) is 4.79 Å². The van der Waals surface area contributed by atoms with Crippen LogP contribution in [0.3, 0.4) is 0 Å². The van der Waals surface area contributed by atoms with Gasteiger partial charge in [-0.2, -0.15) is 0 Å². The molecule has 0 aromatic heterocycles. The molecule has 24 heavy (non-hydrogen) atoms. The molecule has 4 N–H and O–H groups in total. The number of ether oxygens (including phenoxy) is 1. The van der Waals surface area contributed by atoms with Crippen molar-refractivity contribution in [2.45, 2.75) is 44.4 Å². The SMILES string of the molecule is CC(CC(O)c1ccc(F)cc1)NC(=O)C(N)C1CCOCC1.Cl. The minimum atomic E-state index is -0.759. The van der Waals surface area contributed by atoms with E-state index in [-0.39, 0.29) is 36.1 Å². The molecular formula is C17H26ClFN2O3. The number of amides is 1. The van der Waals surface area contributed by atoms with Gasteiger partial charge in [-0.1, -0.05) is 12.1 Å². The van der Waals surface area contributed by atoms with E-state index in [9.17, 15) is 14.3 Å². The number of benzene rings is 1. The first-order chi connectivity index (χ1) is 11.0. The lowest BCUT2D eigenvalue weighted by Gasteiger charge is -2.28. The fourth-order valence-corrected chi connectivity index (χ4v) is 2.84. The summed E-state index contributed by atoms with van der Waals surface area (Å²) in [6.07, 6.45) is 1.17. The number of halogens is 2. The highest BCUT2D eigenvalue weighted by Gasteiger charge is 2.27. The van der Waals surface area contributed by atoms with Gasteiger partial charge in [0.25, 0.3) is 0 Å². The molecule has 7 heteroatoms. The van der Waals surface area contributed by atoms with Crippen LogP contribution in [0.25, 0.3) is 0 Å². The molecule has 1 aliphatic heterocycles. The lowest BCUT2D eigenvalue weighted by Crippen LogP contribution is -2.49. The standard InChI is InChI=1S/C17H25FN2O3.ClH/c1-11(10-15(21)12-2-4-14(18)5-3-12)20-17(22)16(19)13-6-8-23-9-7-13;/h2-5,11,13,15-16,21H,6-10,19H2,1H3,(H,20,22);1H. The van der Waals surface area contributed by atoms with Gasteiger partial charge in [0.1, 0.15) is 5.82 Å². The van der Waals surface area contributed by atoms with Gasteiger partial charge in [0, 0.05) is 19.3 Å². The van der Waals surface area contributed by atoms with E-state index in [1.54, 1.807) is 12.1 Å². The number of aliphatic hydroxyl groups is 1. The summed E-state index contributed by atoms with van der Waals surface area (Å²) in [4.78, 5) is 12.2. The Balaban J connectivity index is 0.00000288. The van der Waals surface area contributed by atoms with Crippen molar-refractivity contribution in [2.75, 3.05) is 13.2 Å². The molecule has 1 aliphatic rings. The third-order valence-electron chi connectivity index (χ3n) is 4.30. The third-order valence-corrected chi connectivity index (χ3v) is 4.30. The molecule has 2 rings (SSSR count). The Bertz CT molecular complexity index is 509. The van der Waals surface area contributed by atoms with E-state index in [0.717, 1.165) is 12.8 Å². The molecule has 1 heterocycles. The molecule has 0 radical (unpaired) electrons. The summed E-state index contributed by atoms with van der Waals surface area (Å²) in [6.45, 7) is 3.11. The van der Waals surface area contributed by atoms with Crippen molar-refractivity contribution in [1.82, 2.24) is 5.32 Å². The molecule has 1 aromatic carbocycles. The number of hydrogen-bond donors (Lipinski definition) is 3. The van der Waals surface area contributed by atoms with Gasteiger partial charge in [0.05, 0.1) is 12.1 Å². The highest BCUT2D eigenvalue weighted by atomic mass is 35.5. The van der Waals surface area contributed by atoms with E-state index in [4.69, 9.17) is 10.5 Å². The van der Waals surface area contributed by atoms with Crippen LogP contribution in [0.1, 0.15) is 37.9 Å². The van der Waals surface area contributed by atoms with Crippen LogP contribution in [0, 0.1) is 11.7 Å². The van der Waals surface area contributed by atoms with E-state index < -0.39 is 12.1 Å². The number of nitrogens with two attached hydrogens (primary N) is 1. The maximum Gasteiger partial charge on any atom is 0.237 e. The highest BCUT2D eigenvalue weighted by molar-refractivity contribution is 5.85. The molecule has 136 valence electrons. The zero-order chi connectivity index (χ0) is 16.8. The second-order valence-corrected chi connectivity index (χ2v) is 6.19. The van der Waals surface area contributed by atoms with Crippen LogP contribution >= 0.6 is 12.4 Å². The highest BCUT2D eigenvalue weighted by Crippen LogP contribution is 2.20. The molecule has 0 aliphatic carbocycles. The van der Waals surface area contributed by atoms with Gasteiger partial charge in [0.15, 0.2) is 0 Å². The summed E-state index contributed by atoms with van der Waals surface area (Å²) in [5, 5.41) is 13.0. The summed E-state index contributed by atoms with van der Waals surface area (Å²) < 4.78 is 18.2. The Morgan fingerprint density at radius 3 is 2.54 bits per heavy atom. The number of aliphatic hydroxyl groups excluding tert-OH is 1. The Labute approximate surface area is 148 Å². The predicted molar refractivity (Wildman–Crippen MR) is 92.3 cm³/mol. The Morgan fingerprint density at radius 1 is 1.38 bits per heavy atom. The second kappa shape index (κ2) is 9.93. The van der Waals surface area contributed by atoms with Crippen molar-refractivity contribution >= 4 is 18.3 Å². The number of nitrogens with one attached hydrogen (secondary N) is 1. The molecule has 3 unspecified atom stereocenters. The summed E-state index contributed by atoms with van der Waals surface area (Å²) in [5.41, 5.74) is 6.65. The van der Waals surface area contributed by atoms with Crippen molar-refractivity contribution in [3.8, 4) is 0 Å². The first-order valence-electron chi connectivity index (χ1n) is 8.04. The van der Waals surface area contributed by atoms with Gasteiger partial charge < -0.3 is 20.9 Å². The monoisotopic (exact) mass is 360 g/mol. The molecule has 3 atom stereocenters. The molecule has 0 spiro atoms. The van der Waals surface area contributed by atoms with Gasteiger partial charge in [-0.15, -0.1) is 12.4 Å². The maximum atomic E-state index is 12.9. The Kier molecular flexibility index (Phi) is 8.62. The van der Waals surface area contributed by atoms with Crippen molar-refractivity contribution in [3.05, 3.63) is 35.6 Å². The summed E-state index contributed by atoms with van der Waals surface area (Å²) in [7, 11) is 0. The van der Waals surface area contributed by atoms with Crippen LogP contribution in [-0.4, -0.2) is 36.3 Å². The van der Waals surface area contributed by atoms with Crippen LogP contribution in [-0.2, 0) is 9.53 Å². The number of carbonyl (C=O) groups is 1. The smallest absolute Gasteiger partial charge is 0.237 e. The van der Waals surface area contributed by atoms with E-state index in [0.29, 0.717) is 25.2 Å². The van der Waals surface area contributed by atoms with Crippen LogP contribution < -0.4 is 11.1 Å². The van der Waals surface area contributed by atoms with Gasteiger partial charge in [0.2, 0.25) is 5.91 Å².